The van der Waals surface area contributed by atoms with E-state index in [1.807, 2.05) is 0 Å². The van der Waals surface area contributed by atoms with Gasteiger partial charge in [0, 0.05) is 5.56 Å². The summed E-state index contributed by atoms with van der Waals surface area (Å²) in [7, 11) is 3.00. The van der Waals surface area contributed by atoms with Gasteiger partial charge in [0.2, 0.25) is 5.91 Å². The first kappa shape index (κ1) is 17.3. The van der Waals surface area contributed by atoms with Gasteiger partial charge in [-0.3, -0.25) is 4.79 Å². The monoisotopic (exact) mass is 328 g/mol. The Labute approximate surface area is 139 Å². The minimum Gasteiger partial charge on any atom is -0.497 e. The number of carbonyl (C=O) groups excluding carboxylic acids is 1. The number of hydrogen-bond donors (Lipinski definition) is 1. The van der Waals surface area contributed by atoms with E-state index in [4.69, 9.17) is 14.7 Å². The van der Waals surface area contributed by atoms with Crippen LogP contribution in [0, 0.1) is 17.1 Å². The van der Waals surface area contributed by atoms with Gasteiger partial charge in [-0.15, -0.1) is 0 Å². The van der Waals surface area contributed by atoms with Crippen molar-refractivity contribution in [2.45, 2.75) is 12.5 Å². The Morgan fingerprint density at radius 2 is 2.04 bits per heavy atom. The Kier molecular flexibility index (Phi) is 5.74. The van der Waals surface area contributed by atoms with Crippen molar-refractivity contribution >= 4 is 5.91 Å². The molecule has 1 amide bonds. The predicted octanol–water partition coefficient (Wildman–Crippen LogP) is 2.96. The molecule has 0 spiro atoms. The summed E-state index contributed by atoms with van der Waals surface area (Å²) >= 11 is 0. The zero-order valence-corrected chi connectivity index (χ0v) is 13.4. The number of methoxy groups -OCH3 is 2. The number of nitrogens with one attached hydrogen (secondary N) is 1. The zero-order valence-electron chi connectivity index (χ0n) is 13.4. The summed E-state index contributed by atoms with van der Waals surface area (Å²) in [5.41, 5.74) is 1.14. The second-order valence-electron chi connectivity index (χ2n) is 5.00. The minimum atomic E-state index is -0.674. The van der Waals surface area contributed by atoms with Gasteiger partial charge in [-0.25, -0.2) is 4.39 Å². The van der Waals surface area contributed by atoms with Gasteiger partial charge in [-0.05, 0) is 35.9 Å². The summed E-state index contributed by atoms with van der Waals surface area (Å²) in [6.45, 7) is 0. The molecule has 2 aromatic rings. The molecule has 0 aliphatic carbocycles. The standard InChI is InChI=1S/C18H17FN2O3/c1-23-14-5-3-4-12(10-14)18(21-17(22)8-9-20)15-11-13(19)6-7-16(15)24-2/h3-7,10-11,18H,8H2,1-2H3,(H,21,22). The van der Waals surface area contributed by atoms with Crippen molar-refractivity contribution < 1.29 is 18.7 Å². The smallest absolute Gasteiger partial charge is 0.234 e. The molecule has 0 heterocycles. The van der Waals surface area contributed by atoms with Gasteiger partial charge < -0.3 is 14.8 Å². The molecule has 1 N–H and O–H groups in total. The third-order valence-electron chi connectivity index (χ3n) is 3.47. The average Bonchev–Trinajstić information content (AvgIpc) is 2.60. The molecule has 124 valence electrons. The third kappa shape index (κ3) is 4.02. The van der Waals surface area contributed by atoms with Crippen LogP contribution in [0.25, 0.3) is 0 Å². The fourth-order valence-electron chi connectivity index (χ4n) is 2.38. The summed E-state index contributed by atoms with van der Waals surface area (Å²) in [4.78, 5) is 11.9. The van der Waals surface area contributed by atoms with Crippen LogP contribution in [-0.4, -0.2) is 20.1 Å². The van der Waals surface area contributed by atoms with Crippen molar-refractivity contribution in [1.29, 1.82) is 5.26 Å². The highest BCUT2D eigenvalue weighted by molar-refractivity contribution is 5.79. The second-order valence-corrected chi connectivity index (χ2v) is 5.00. The van der Waals surface area contributed by atoms with Gasteiger partial charge in [-0.2, -0.15) is 5.26 Å². The van der Waals surface area contributed by atoms with E-state index in [1.54, 1.807) is 30.3 Å². The van der Waals surface area contributed by atoms with E-state index in [0.717, 1.165) is 0 Å². The number of benzene rings is 2. The fourth-order valence-corrected chi connectivity index (χ4v) is 2.38. The number of ether oxygens (including phenoxy) is 2. The highest BCUT2D eigenvalue weighted by Crippen LogP contribution is 2.32. The van der Waals surface area contributed by atoms with Gasteiger partial charge in [0.05, 0.1) is 26.3 Å². The van der Waals surface area contributed by atoms with E-state index in [0.29, 0.717) is 22.6 Å². The molecule has 0 aliphatic heterocycles. The molecule has 0 saturated carbocycles. The summed E-state index contributed by atoms with van der Waals surface area (Å²) in [6.07, 6.45) is -0.294. The Balaban J connectivity index is 2.52. The molecule has 0 bridgehead atoms. The lowest BCUT2D eigenvalue weighted by atomic mass is 9.97. The lowest BCUT2D eigenvalue weighted by Crippen LogP contribution is -2.29. The van der Waals surface area contributed by atoms with E-state index in [-0.39, 0.29) is 6.42 Å². The lowest BCUT2D eigenvalue weighted by Gasteiger charge is -2.22. The van der Waals surface area contributed by atoms with Crippen LogP contribution in [0.4, 0.5) is 4.39 Å². The fraction of sp³-hybridized carbons (Fsp3) is 0.222. The highest BCUT2D eigenvalue weighted by Gasteiger charge is 2.21. The SMILES string of the molecule is COc1cccc(C(NC(=O)CC#N)c2cc(F)ccc2OC)c1. The molecule has 2 rings (SSSR count). The lowest BCUT2D eigenvalue weighted by molar-refractivity contribution is -0.120. The number of nitriles is 1. The first-order chi connectivity index (χ1) is 11.6. The van der Waals surface area contributed by atoms with Crippen LogP contribution in [-0.2, 0) is 4.79 Å². The van der Waals surface area contributed by atoms with Gasteiger partial charge >= 0.3 is 0 Å². The van der Waals surface area contributed by atoms with Gasteiger partial charge in [0.1, 0.15) is 23.7 Å². The number of hydrogen-bond acceptors (Lipinski definition) is 4. The molecule has 5 nitrogen and oxygen atoms in total. The zero-order chi connectivity index (χ0) is 17.5. The second kappa shape index (κ2) is 7.97. The number of halogens is 1. The number of nitrogens with zero attached hydrogens (tertiary/aromatic N) is 1. The molecule has 2 aromatic carbocycles. The van der Waals surface area contributed by atoms with E-state index in [2.05, 4.69) is 5.32 Å². The molecule has 0 fully saturated rings. The van der Waals surface area contributed by atoms with Crippen LogP contribution in [0.15, 0.2) is 42.5 Å². The summed E-state index contributed by atoms with van der Waals surface area (Å²) in [5, 5.41) is 11.4. The molecule has 24 heavy (non-hydrogen) atoms. The molecule has 1 unspecified atom stereocenters. The number of rotatable bonds is 6. The molecule has 0 aliphatic rings. The van der Waals surface area contributed by atoms with Crippen LogP contribution in [0.3, 0.4) is 0 Å². The van der Waals surface area contributed by atoms with Gasteiger partial charge in [-0.1, -0.05) is 12.1 Å². The predicted molar refractivity (Wildman–Crippen MR) is 86.2 cm³/mol. The molecule has 6 heteroatoms. The summed E-state index contributed by atoms with van der Waals surface area (Å²) < 4.78 is 24.2. The first-order valence-electron chi connectivity index (χ1n) is 7.22. The van der Waals surface area contributed by atoms with Crippen molar-refractivity contribution in [2.75, 3.05) is 14.2 Å². The van der Waals surface area contributed by atoms with Crippen LogP contribution < -0.4 is 14.8 Å². The van der Waals surface area contributed by atoms with Crippen LogP contribution in [0.2, 0.25) is 0 Å². The quantitative estimate of drug-likeness (QED) is 0.885. The molecular weight excluding hydrogens is 311 g/mol. The van der Waals surface area contributed by atoms with E-state index >= 15 is 0 Å². The average molecular weight is 328 g/mol. The van der Waals surface area contributed by atoms with E-state index in [9.17, 15) is 9.18 Å². The molecule has 0 aromatic heterocycles. The van der Waals surface area contributed by atoms with Crippen molar-refractivity contribution in [1.82, 2.24) is 5.32 Å². The van der Waals surface area contributed by atoms with Crippen LogP contribution >= 0.6 is 0 Å². The Hall–Kier alpha value is -3.07. The largest absolute Gasteiger partial charge is 0.497 e. The maximum absolute atomic E-state index is 13.7. The van der Waals surface area contributed by atoms with Crippen LogP contribution in [0.5, 0.6) is 11.5 Å². The van der Waals surface area contributed by atoms with Crippen molar-refractivity contribution in [2.24, 2.45) is 0 Å². The van der Waals surface area contributed by atoms with Gasteiger partial charge in [0.15, 0.2) is 0 Å². The molecular formula is C18H17FN2O3. The minimum absolute atomic E-state index is 0.294. The summed E-state index contributed by atoms with van der Waals surface area (Å²) in [5.74, 6) is 0.119. The maximum Gasteiger partial charge on any atom is 0.234 e. The highest BCUT2D eigenvalue weighted by atomic mass is 19.1. The van der Waals surface area contributed by atoms with E-state index in [1.165, 1.54) is 32.4 Å². The third-order valence-corrected chi connectivity index (χ3v) is 3.47. The van der Waals surface area contributed by atoms with Crippen LogP contribution in [0.1, 0.15) is 23.6 Å². The van der Waals surface area contributed by atoms with Crippen molar-refractivity contribution in [3.05, 3.63) is 59.4 Å². The van der Waals surface area contributed by atoms with Gasteiger partial charge in [0.25, 0.3) is 0 Å². The van der Waals surface area contributed by atoms with E-state index < -0.39 is 17.8 Å². The van der Waals surface area contributed by atoms with Crippen molar-refractivity contribution in [3.8, 4) is 17.6 Å². The number of carbonyl (C=O) groups is 1. The Morgan fingerprint density at radius 1 is 1.25 bits per heavy atom. The summed E-state index contributed by atoms with van der Waals surface area (Å²) in [6, 6.07) is 12.2. The topological polar surface area (TPSA) is 71.3 Å². The maximum atomic E-state index is 13.7. The van der Waals surface area contributed by atoms with Crippen molar-refractivity contribution in [3.63, 3.8) is 0 Å². The number of amides is 1. The molecule has 1 atom stereocenters. The normalized spacial score (nSPS) is 11.2. The molecule has 0 radical (unpaired) electrons. The Bertz CT molecular complexity index is 771. The first-order valence-corrected chi connectivity index (χ1v) is 7.22. The Morgan fingerprint density at radius 3 is 2.71 bits per heavy atom. The molecule has 0 saturated heterocycles.